The second-order valence-corrected chi connectivity index (χ2v) is 7.69. The molecule has 0 amide bonds. The highest BCUT2D eigenvalue weighted by atomic mass is 35.5. The second kappa shape index (κ2) is 9.26. The number of esters is 1. The number of benzene rings is 1. The van der Waals surface area contributed by atoms with E-state index < -0.39 is 0 Å². The van der Waals surface area contributed by atoms with Crippen molar-refractivity contribution in [1.29, 1.82) is 0 Å². The van der Waals surface area contributed by atoms with Crippen LogP contribution in [-0.2, 0) is 14.9 Å². The highest BCUT2D eigenvalue weighted by molar-refractivity contribution is 6.31. The molecular weight excluding hydrogens is 350 g/mol. The third-order valence-corrected chi connectivity index (χ3v) is 5.25. The van der Waals surface area contributed by atoms with E-state index in [0.29, 0.717) is 6.61 Å². The molecule has 0 radical (unpaired) electrons. The molecule has 6 heteroatoms. The van der Waals surface area contributed by atoms with Crippen molar-refractivity contribution in [1.82, 2.24) is 10.2 Å². The number of halogens is 1. The summed E-state index contributed by atoms with van der Waals surface area (Å²) < 4.78 is 5.14. The van der Waals surface area contributed by atoms with Gasteiger partial charge in [0.1, 0.15) is 0 Å². The highest BCUT2D eigenvalue weighted by Gasteiger charge is 2.29. The van der Waals surface area contributed by atoms with Crippen LogP contribution in [0.25, 0.3) is 0 Å². The molecule has 1 fully saturated rings. The summed E-state index contributed by atoms with van der Waals surface area (Å²) in [5, 5.41) is 4.26. The van der Waals surface area contributed by atoms with Crippen molar-refractivity contribution in [3.63, 3.8) is 0 Å². The Bertz CT molecular complexity index is 638. The fourth-order valence-electron chi connectivity index (χ4n) is 3.32. The number of ether oxygens (including phenoxy) is 1. The predicted octanol–water partition coefficient (Wildman–Crippen LogP) is 3.47. The lowest BCUT2D eigenvalue weighted by molar-refractivity contribution is -0.149. The molecular formula is C20H30ClN3O2. The second-order valence-electron chi connectivity index (χ2n) is 7.28. The normalized spacial score (nSPS) is 16.5. The van der Waals surface area contributed by atoms with Crippen LogP contribution in [-0.4, -0.2) is 50.1 Å². The van der Waals surface area contributed by atoms with E-state index in [0.717, 1.165) is 49.0 Å². The molecule has 0 saturated carbocycles. The highest BCUT2D eigenvalue weighted by Crippen LogP contribution is 2.29. The Labute approximate surface area is 161 Å². The van der Waals surface area contributed by atoms with Crippen LogP contribution in [0.15, 0.2) is 29.3 Å². The van der Waals surface area contributed by atoms with E-state index in [1.807, 2.05) is 25.1 Å². The van der Waals surface area contributed by atoms with Gasteiger partial charge in [-0.05, 0) is 31.4 Å². The maximum atomic E-state index is 11.9. The number of hydrogen-bond acceptors (Lipinski definition) is 3. The van der Waals surface area contributed by atoms with E-state index in [4.69, 9.17) is 16.3 Å². The molecule has 1 aliphatic rings. The summed E-state index contributed by atoms with van der Waals surface area (Å²) in [4.78, 5) is 18.5. The number of aliphatic imine (C=N–C) groups is 1. The van der Waals surface area contributed by atoms with Gasteiger partial charge in [0, 0.05) is 37.1 Å². The van der Waals surface area contributed by atoms with E-state index in [9.17, 15) is 4.79 Å². The molecule has 26 heavy (non-hydrogen) atoms. The fraction of sp³-hybridized carbons (Fsp3) is 0.600. The largest absolute Gasteiger partial charge is 0.466 e. The van der Waals surface area contributed by atoms with Crippen molar-refractivity contribution >= 4 is 23.5 Å². The quantitative estimate of drug-likeness (QED) is 0.483. The van der Waals surface area contributed by atoms with E-state index in [1.54, 1.807) is 7.05 Å². The molecule has 5 nitrogen and oxygen atoms in total. The average molecular weight is 380 g/mol. The van der Waals surface area contributed by atoms with Gasteiger partial charge in [-0.15, -0.1) is 0 Å². The SMILES string of the molecule is CCOC(=O)C1CCN(C(=NC)NCC(C)(C)c2ccccc2Cl)CC1. The molecule has 144 valence electrons. The molecule has 0 aliphatic carbocycles. The molecule has 1 aromatic rings. The Hall–Kier alpha value is -1.75. The molecule has 1 saturated heterocycles. The number of likely N-dealkylation sites (tertiary alicyclic amines) is 1. The minimum absolute atomic E-state index is 0.00359. The van der Waals surface area contributed by atoms with E-state index in [2.05, 4.69) is 35.1 Å². The predicted molar refractivity (Wildman–Crippen MR) is 107 cm³/mol. The van der Waals surface area contributed by atoms with Crippen LogP contribution in [0.3, 0.4) is 0 Å². The summed E-state index contributed by atoms with van der Waals surface area (Å²) in [5.74, 6) is 0.797. The van der Waals surface area contributed by atoms with Crippen LogP contribution in [0.5, 0.6) is 0 Å². The summed E-state index contributed by atoms with van der Waals surface area (Å²) in [6, 6.07) is 7.95. The zero-order chi connectivity index (χ0) is 19.2. The summed E-state index contributed by atoms with van der Waals surface area (Å²) in [7, 11) is 1.79. The molecule has 1 N–H and O–H groups in total. The van der Waals surface area contributed by atoms with Crippen LogP contribution in [0.2, 0.25) is 5.02 Å². The minimum atomic E-state index is -0.127. The zero-order valence-corrected chi connectivity index (χ0v) is 17.0. The van der Waals surface area contributed by atoms with Crippen LogP contribution in [0.1, 0.15) is 39.2 Å². The maximum Gasteiger partial charge on any atom is 0.309 e. The Kier molecular flexibility index (Phi) is 7.33. The van der Waals surface area contributed by atoms with Crippen LogP contribution in [0.4, 0.5) is 0 Å². The molecule has 0 unspecified atom stereocenters. The number of nitrogens with one attached hydrogen (secondary N) is 1. The molecule has 1 aliphatic heterocycles. The van der Waals surface area contributed by atoms with Crippen molar-refractivity contribution in [2.45, 2.75) is 39.0 Å². The van der Waals surface area contributed by atoms with Gasteiger partial charge in [0.15, 0.2) is 5.96 Å². The van der Waals surface area contributed by atoms with Gasteiger partial charge >= 0.3 is 5.97 Å². The third-order valence-electron chi connectivity index (χ3n) is 4.92. The number of rotatable bonds is 5. The molecule has 0 spiro atoms. The Balaban J connectivity index is 1.92. The van der Waals surface area contributed by atoms with E-state index in [-0.39, 0.29) is 17.3 Å². The van der Waals surface area contributed by atoms with Gasteiger partial charge in [-0.2, -0.15) is 0 Å². The zero-order valence-electron chi connectivity index (χ0n) is 16.2. The number of nitrogens with zero attached hydrogens (tertiary/aromatic N) is 2. The van der Waals surface area contributed by atoms with Gasteiger partial charge in [-0.1, -0.05) is 43.6 Å². The molecule has 2 rings (SSSR count). The van der Waals surface area contributed by atoms with Crippen LogP contribution >= 0.6 is 11.6 Å². The fourth-order valence-corrected chi connectivity index (χ4v) is 3.72. The monoisotopic (exact) mass is 379 g/mol. The number of piperidine rings is 1. The molecule has 1 aromatic carbocycles. The Morgan fingerprint density at radius 2 is 2.00 bits per heavy atom. The number of guanidine groups is 1. The van der Waals surface area contributed by atoms with Gasteiger partial charge in [-0.3, -0.25) is 9.79 Å². The molecule has 0 bridgehead atoms. The van der Waals surface area contributed by atoms with E-state index in [1.165, 1.54) is 0 Å². The maximum absolute atomic E-state index is 11.9. The van der Waals surface area contributed by atoms with Crippen molar-refractivity contribution < 1.29 is 9.53 Å². The van der Waals surface area contributed by atoms with Crippen LogP contribution < -0.4 is 5.32 Å². The van der Waals surface area contributed by atoms with Gasteiger partial charge in [-0.25, -0.2) is 0 Å². The third kappa shape index (κ3) is 5.13. The first-order valence-electron chi connectivity index (χ1n) is 9.26. The van der Waals surface area contributed by atoms with Crippen molar-refractivity contribution in [3.8, 4) is 0 Å². The summed E-state index contributed by atoms with van der Waals surface area (Å²) >= 11 is 6.37. The Morgan fingerprint density at radius 3 is 2.58 bits per heavy atom. The number of carbonyl (C=O) groups excluding carboxylic acids is 1. The first-order valence-corrected chi connectivity index (χ1v) is 9.64. The lowest BCUT2D eigenvalue weighted by Gasteiger charge is -2.35. The van der Waals surface area contributed by atoms with Gasteiger partial charge < -0.3 is 15.0 Å². The van der Waals surface area contributed by atoms with Gasteiger partial charge in [0.05, 0.1) is 12.5 Å². The van der Waals surface area contributed by atoms with Gasteiger partial charge in [0.25, 0.3) is 0 Å². The number of carbonyl (C=O) groups is 1. The lowest BCUT2D eigenvalue weighted by atomic mass is 9.84. The Morgan fingerprint density at radius 1 is 1.35 bits per heavy atom. The topological polar surface area (TPSA) is 53.9 Å². The summed E-state index contributed by atoms with van der Waals surface area (Å²) in [6.45, 7) is 8.95. The molecule has 1 heterocycles. The first-order chi connectivity index (χ1) is 12.4. The standard InChI is InChI=1S/C20H30ClN3O2/c1-5-26-18(25)15-10-12-24(13-11-15)19(22-4)23-14-20(2,3)16-8-6-7-9-17(16)21/h6-9,15H,5,10-14H2,1-4H3,(H,22,23). The summed E-state index contributed by atoms with van der Waals surface area (Å²) in [5.41, 5.74) is 0.989. The van der Waals surface area contributed by atoms with Crippen LogP contribution in [0, 0.1) is 5.92 Å². The van der Waals surface area contributed by atoms with Crippen molar-refractivity contribution in [2.24, 2.45) is 10.9 Å². The summed E-state index contributed by atoms with van der Waals surface area (Å²) in [6.07, 6.45) is 1.60. The molecule has 0 atom stereocenters. The molecule has 0 aromatic heterocycles. The first kappa shape index (κ1) is 20.6. The minimum Gasteiger partial charge on any atom is -0.466 e. The van der Waals surface area contributed by atoms with Crippen molar-refractivity contribution in [2.75, 3.05) is 33.3 Å². The smallest absolute Gasteiger partial charge is 0.309 e. The number of hydrogen-bond donors (Lipinski definition) is 1. The van der Waals surface area contributed by atoms with Crippen molar-refractivity contribution in [3.05, 3.63) is 34.9 Å². The van der Waals surface area contributed by atoms with Gasteiger partial charge in [0.2, 0.25) is 0 Å². The average Bonchev–Trinajstić information content (AvgIpc) is 2.63. The lowest BCUT2D eigenvalue weighted by Crippen LogP contribution is -2.49. The van der Waals surface area contributed by atoms with E-state index >= 15 is 0 Å².